The largest absolute Gasteiger partial charge is 0.496 e. The molecule has 0 saturated heterocycles. The topological polar surface area (TPSA) is 79.8 Å². The monoisotopic (exact) mass is 421 g/mol. The number of benzene rings is 2. The van der Waals surface area contributed by atoms with Crippen LogP contribution in [0.3, 0.4) is 0 Å². The van der Waals surface area contributed by atoms with Gasteiger partial charge in [0, 0.05) is 12.8 Å². The maximum Gasteiger partial charge on any atom is 0.240 e. The van der Waals surface area contributed by atoms with E-state index in [9.17, 15) is 14.0 Å². The summed E-state index contributed by atoms with van der Waals surface area (Å²) >= 11 is 3.36. The lowest BCUT2D eigenvalue weighted by Gasteiger charge is -2.05. The summed E-state index contributed by atoms with van der Waals surface area (Å²) in [6, 6.07) is 11.2. The molecule has 2 aromatic carbocycles. The first-order chi connectivity index (χ1) is 12.5. The second-order valence-electron chi connectivity index (χ2n) is 5.22. The molecule has 0 aliphatic heterocycles. The Morgan fingerprint density at radius 2 is 1.92 bits per heavy atom. The molecule has 2 rings (SSSR count). The zero-order valence-corrected chi connectivity index (χ0v) is 15.5. The van der Waals surface area contributed by atoms with Gasteiger partial charge in [-0.3, -0.25) is 9.59 Å². The summed E-state index contributed by atoms with van der Waals surface area (Å²) in [5.41, 5.74) is 3.18. The molecule has 0 fully saturated rings. The van der Waals surface area contributed by atoms with Crippen LogP contribution in [-0.4, -0.2) is 25.1 Å². The summed E-state index contributed by atoms with van der Waals surface area (Å²) < 4.78 is 19.3. The van der Waals surface area contributed by atoms with Crippen molar-refractivity contribution < 1.29 is 18.7 Å². The number of carbonyl (C=O) groups excluding carboxylic acids is 2. The van der Waals surface area contributed by atoms with Crippen LogP contribution in [0.25, 0.3) is 0 Å². The van der Waals surface area contributed by atoms with Gasteiger partial charge in [0.25, 0.3) is 0 Å². The average Bonchev–Trinajstić information content (AvgIpc) is 2.62. The summed E-state index contributed by atoms with van der Waals surface area (Å²) in [6.45, 7) is 0. The third-order valence-corrected chi connectivity index (χ3v) is 3.93. The molecule has 0 unspecified atom stereocenters. The van der Waals surface area contributed by atoms with Crippen molar-refractivity contribution in [2.45, 2.75) is 12.8 Å². The van der Waals surface area contributed by atoms with Gasteiger partial charge in [-0.1, -0.05) is 12.1 Å². The predicted molar refractivity (Wildman–Crippen MR) is 101 cm³/mol. The highest BCUT2D eigenvalue weighted by molar-refractivity contribution is 9.10. The maximum absolute atomic E-state index is 13.4. The van der Waals surface area contributed by atoms with Crippen LogP contribution in [0.4, 0.5) is 10.1 Å². The molecular formula is C18H17BrFN3O3. The van der Waals surface area contributed by atoms with E-state index in [4.69, 9.17) is 4.74 Å². The SMILES string of the molecule is COc1ccc(C=NNC(=O)CCC(=O)Nc2ccccc2F)cc1Br. The van der Waals surface area contributed by atoms with Crippen molar-refractivity contribution in [2.75, 3.05) is 12.4 Å². The molecule has 26 heavy (non-hydrogen) atoms. The molecule has 0 aromatic heterocycles. The van der Waals surface area contributed by atoms with Crippen LogP contribution in [0.15, 0.2) is 52.0 Å². The molecule has 0 aliphatic rings. The van der Waals surface area contributed by atoms with Crippen molar-refractivity contribution in [3.05, 3.63) is 58.3 Å². The van der Waals surface area contributed by atoms with Crippen LogP contribution in [0.1, 0.15) is 18.4 Å². The number of ether oxygens (including phenoxy) is 1. The summed E-state index contributed by atoms with van der Waals surface area (Å²) in [7, 11) is 1.57. The van der Waals surface area contributed by atoms with Crippen LogP contribution in [0, 0.1) is 5.82 Å². The number of para-hydroxylation sites is 1. The Hall–Kier alpha value is -2.74. The normalized spacial score (nSPS) is 10.6. The average molecular weight is 422 g/mol. The van der Waals surface area contributed by atoms with Crippen LogP contribution in [0.2, 0.25) is 0 Å². The van der Waals surface area contributed by atoms with Gasteiger partial charge in [0.05, 0.1) is 23.5 Å². The first kappa shape index (κ1) is 19.6. The van der Waals surface area contributed by atoms with Crippen molar-refractivity contribution in [1.29, 1.82) is 0 Å². The van der Waals surface area contributed by atoms with E-state index < -0.39 is 17.6 Å². The van der Waals surface area contributed by atoms with Crippen LogP contribution < -0.4 is 15.5 Å². The Morgan fingerprint density at radius 3 is 2.62 bits per heavy atom. The Kier molecular flexibility index (Phi) is 7.28. The van der Waals surface area contributed by atoms with Crippen molar-refractivity contribution in [3.8, 4) is 5.75 Å². The van der Waals surface area contributed by atoms with E-state index in [0.717, 1.165) is 10.0 Å². The maximum atomic E-state index is 13.4. The van der Waals surface area contributed by atoms with Gasteiger partial charge in [-0.05, 0) is 51.8 Å². The minimum Gasteiger partial charge on any atom is -0.496 e. The number of methoxy groups -OCH3 is 1. The molecule has 136 valence electrons. The minimum atomic E-state index is -0.527. The molecular weight excluding hydrogens is 405 g/mol. The molecule has 0 spiro atoms. The highest BCUT2D eigenvalue weighted by Gasteiger charge is 2.09. The highest BCUT2D eigenvalue weighted by atomic mass is 79.9. The first-order valence-electron chi connectivity index (χ1n) is 7.69. The van der Waals surface area contributed by atoms with Crippen molar-refractivity contribution in [1.82, 2.24) is 5.43 Å². The standard InChI is InChI=1S/C18H17BrFN3O3/c1-26-16-7-6-12(10-13(16)19)11-21-23-18(25)9-8-17(24)22-15-5-3-2-4-14(15)20/h2-7,10-11H,8-9H2,1H3,(H,22,24)(H,23,25). The fraction of sp³-hybridized carbons (Fsp3) is 0.167. The lowest BCUT2D eigenvalue weighted by atomic mass is 10.2. The summed E-state index contributed by atoms with van der Waals surface area (Å²) in [5, 5.41) is 6.25. The number of carbonyl (C=O) groups is 2. The van der Waals surface area contributed by atoms with E-state index in [-0.39, 0.29) is 18.5 Å². The Bertz CT molecular complexity index is 827. The fourth-order valence-electron chi connectivity index (χ4n) is 2.00. The lowest BCUT2D eigenvalue weighted by Crippen LogP contribution is -2.20. The Labute approximate surface area is 158 Å². The highest BCUT2D eigenvalue weighted by Crippen LogP contribution is 2.24. The van der Waals surface area contributed by atoms with Gasteiger partial charge in [-0.2, -0.15) is 5.10 Å². The molecule has 0 radical (unpaired) electrons. The van der Waals surface area contributed by atoms with Crippen molar-refractivity contribution in [2.24, 2.45) is 5.10 Å². The fourth-order valence-corrected chi connectivity index (χ4v) is 2.56. The van der Waals surface area contributed by atoms with E-state index in [1.165, 1.54) is 24.4 Å². The number of rotatable bonds is 7. The number of nitrogens with one attached hydrogen (secondary N) is 2. The van der Waals surface area contributed by atoms with Gasteiger partial charge in [0.1, 0.15) is 11.6 Å². The van der Waals surface area contributed by atoms with Gasteiger partial charge >= 0.3 is 0 Å². The van der Waals surface area contributed by atoms with Gasteiger partial charge in [0.2, 0.25) is 11.8 Å². The molecule has 2 N–H and O–H groups in total. The third kappa shape index (κ3) is 5.96. The predicted octanol–water partition coefficient (Wildman–Crippen LogP) is 3.47. The molecule has 6 nitrogen and oxygen atoms in total. The van der Waals surface area contributed by atoms with E-state index in [1.54, 1.807) is 31.4 Å². The second-order valence-corrected chi connectivity index (χ2v) is 6.07. The van der Waals surface area contributed by atoms with Crippen LogP contribution in [-0.2, 0) is 9.59 Å². The minimum absolute atomic E-state index is 0.0655. The number of hydrazone groups is 1. The molecule has 0 heterocycles. The lowest BCUT2D eigenvalue weighted by molar-refractivity contribution is -0.124. The molecule has 0 atom stereocenters. The molecule has 2 amide bonds. The van der Waals surface area contributed by atoms with E-state index in [1.807, 2.05) is 0 Å². The quantitative estimate of drug-likeness (QED) is 0.530. The third-order valence-electron chi connectivity index (χ3n) is 3.31. The van der Waals surface area contributed by atoms with E-state index in [0.29, 0.717) is 5.75 Å². The summed E-state index contributed by atoms with van der Waals surface area (Å²) in [4.78, 5) is 23.5. The number of halogens is 2. The molecule has 0 saturated carbocycles. The van der Waals surface area contributed by atoms with Gasteiger partial charge in [0.15, 0.2) is 0 Å². The van der Waals surface area contributed by atoms with Crippen LogP contribution in [0.5, 0.6) is 5.75 Å². The number of anilines is 1. The molecule has 0 aliphatic carbocycles. The Morgan fingerprint density at radius 1 is 1.19 bits per heavy atom. The molecule has 0 bridgehead atoms. The zero-order valence-electron chi connectivity index (χ0n) is 14.0. The van der Waals surface area contributed by atoms with Gasteiger partial charge < -0.3 is 10.1 Å². The number of amides is 2. The first-order valence-corrected chi connectivity index (χ1v) is 8.48. The van der Waals surface area contributed by atoms with Gasteiger partial charge in [-0.15, -0.1) is 0 Å². The summed E-state index contributed by atoms with van der Waals surface area (Å²) in [5.74, 6) is -0.710. The molecule has 2 aromatic rings. The molecule has 8 heteroatoms. The van der Waals surface area contributed by atoms with E-state index in [2.05, 4.69) is 31.8 Å². The smallest absolute Gasteiger partial charge is 0.240 e. The van der Waals surface area contributed by atoms with Crippen molar-refractivity contribution >= 4 is 39.6 Å². The van der Waals surface area contributed by atoms with E-state index >= 15 is 0 Å². The van der Waals surface area contributed by atoms with Crippen molar-refractivity contribution in [3.63, 3.8) is 0 Å². The number of hydrogen-bond acceptors (Lipinski definition) is 4. The summed E-state index contributed by atoms with van der Waals surface area (Å²) in [6.07, 6.45) is 1.33. The second kappa shape index (κ2) is 9.67. The Balaban J connectivity index is 1.77. The van der Waals surface area contributed by atoms with Crippen LogP contribution >= 0.6 is 15.9 Å². The number of hydrogen-bond donors (Lipinski definition) is 2. The van der Waals surface area contributed by atoms with Gasteiger partial charge in [-0.25, -0.2) is 9.82 Å². The zero-order chi connectivity index (χ0) is 18.9. The number of nitrogens with zero attached hydrogens (tertiary/aromatic N) is 1.